The standard InChI is InChI=1S/C23H22N3.Pb/c1-15-8-10-18(11-9-15)12-13-24-22-16(2)17(3)23(22)26-21-14-25-20-7-5-4-6-19(20)21;/h4-11,13-14,24-26H,2-3,12H2,1H3;. The Balaban J connectivity index is 1.52. The molecule has 1 unspecified atom stereocenters. The second kappa shape index (κ2) is 7.39. The van der Waals surface area contributed by atoms with E-state index in [0.29, 0.717) is 3.60 Å². The van der Waals surface area contributed by atoms with Crippen LogP contribution in [0.25, 0.3) is 10.9 Å². The topological polar surface area (TPSA) is 39.8 Å². The molecule has 27 heavy (non-hydrogen) atoms. The van der Waals surface area contributed by atoms with Crippen molar-refractivity contribution in [2.45, 2.75) is 16.9 Å². The first kappa shape index (κ1) is 18.1. The van der Waals surface area contributed by atoms with Gasteiger partial charge in [0.15, 0.2) is 0 Å². The van der Waals surface area contributed by atoms with Gasteiger partial charge in [-0.1, -0.05) is 0 Å². The van der Waals surface area contributed by atoms with Crippen LogP contribution in [-0.4, -0.2) is 34.4 Å². The molecule has 0 amide bonds. The summed E-state index contributed by atoms with van der Waals surface area (Å²) in [6, 6.07) is 17.1. The summed E-state index contributed by atoms with van der Waals surface area (Å²) in [6.07, 6.45) is 3.03. The van der Waals surface area contributed by atoms with Crippen LogP contribution in [0.1, 0.15) is 11.1 Å². The van der Waals surface area contributed by atoms with Crippen LogP contribution in [0, 0.1) is 6.92 Å². The van der Waals surface area contributed by atoms with Crippen molar-refractivity contribution >= 4 is 42.4 Å². The molecule has 0 aliphatic heterocycles. The van der Waals surface area contributed by atoms with Gasteiger partial charge in [-0.15, -0.1) is 0 Å². The van der Waals surface area contributed by atoms with Gasteiger partial charge in [-0.25, -0.2) is 0 Å². The molecule has 3 radical (unpaired) electrons. The molecule has 4 heteroatoms. The number of aryl methyl sites for hydroxylation is 1. The SMILES string of the molecule is C=C1C(=C)C(N[CH]([Pb])Cc2ccc(C)cc2)=C1Nc1c[nH]c2ccccc12. The van der Waals surface area contributed by atoms with Crippen LogP contribution in [0.2, 0.25) is 0 Å². The van der Waals surface area contributed by atoms with Crippen LogP contribution in [0.4, 0.5) is 5.69 Å². The van der Waals surface area contributed by atoms with Gasteiger partial charge in [-0.2, -0.15) is 0 Å². The van der Waals surface area contributed by atoms with Crippen molar-refractivity contribution in [3.63, 3.8) is 0 Å². The number of aromatic nitrogens is 1. The third-order valence-corrected chi connectivity index (χ3v) is 6.30. The van der Waals surface area contributed by atoms with Gasteiger partial charge in [0.2, 0.25) is 0 Å². The molecular weight excluding hydrogens is 525 g/mol. The van der Waals surface area contributed by atoms with E-state index in [1.807, 2.05) is 12.3 Å². The van der Waals surface area contributed by atoms with E-state index in [2.05, 4.69) is 78.2 Å². The quantitative estimate of drug-likeness (QED) is 0.397. The number of aromatic amines is 1. The molecule has 1 atom stereocenters. The van der Waals surface area contributed by atoms with E-state index in [-0.39, 0.29) is 0 Å². The molecule has 4 rings (SSSR count). The number of anilines is 1. The van der Waals surface area contributed by atoms with E-state index in [1.165, 1.54) is 16.5 Å². The van der Waals surface area contributed by atoms with E-state index >= 15 is 0 Å². The van der Waals surface area contributed by atoms with Crippen molar-refractivity contribution in [1.82, 2.24) is 10.3 Å². The summed E-state index contributed by atoms with van der Waals surface area (Å²) in [6.45, 7) is 10.5. The first-order valence-corrected chi connectivity index (χ1v) is 11.3. The monoisotopic (exact) mass is 548 g/mol. The van der Waals surface area contributed by atoms with E-state index in [9.17, 15) is 0 Å². The van der Waals surface area contributed by atoms with Crippen molar-refractivity contribution < 1.29 is 0 Å². The van der Waals surface area contributed by atoms with Crippen molar-refractivity contribution in [1.29, 1.82) is 0 Å². The van der Waals surface area contributed by atoms with Gasteiger partial charge >= 0.3 is 176 Å². The molecule has 1 aliphatic carbocycles. The Kier molecular flexibility index (Phi) is 4.95. The van der Waals surface area contributed by atoms with Crippen LogP contribution in [0.3, 0.4) is 0 Å². The second-order valence-corrected chi connectivity index (χ2v) is 9.68. The molecule has 0 bridgehead atoms. The summed E-state index contributed by atoms with van der Waals surface area (Å²) < 4.78 is 0.437. The third kappa shape index (κ3) is 3.60. The predicted octanol–water partition coefficient (Wildman–Crippen LogP) is 4.55. The van der Waals surface area contributed by atoms with Crippen LogP contribution in [0.15, 0.2) is 90.4 Å². The Bertz CT molecular complexity index is 1060. The maximum absolute atomic E-state index is 4.18. The molecule has 1 aromatic heterocycles. The van der Waals surface area contributed by atoms with Crippen LogP contribution in [0.5, 0.6) is 0 Å². The number of fused-ring (bicyclic) bond motifs is 1. The number of allylic oxidation sites excluding steroid dienone is 2. The molecule has 133 valence electrons. The van der Waals surface area contributed by atoms with E-state index < -0.39 is 0 Å². The summed E-state index contributed by atoms with van der Waals surface area (Å²) in [5.41, 5.74) is 8.98. The minimum absolute atomic E-state index is 0.437. The number of rotatable bonds is 6. The molecule has 0 saturated carbocycles. The first-order valence-electron chi connectivity index (χ1n) is 9.02. The molecule has 3 aromatic rings. The number of benzene rings is 2. The van der Waals surface area contributed by atoms with Gasteiger partial charge in [0, 0.05) is 0 Å². The maximum atomic E-state index is 4.18. The molecule has 1 aliphatic rings. The average Bonchev–Trinajstić information content (AvgIpc) is 3.09. The molecule has 2 aromatic carbocycles. The Morgan fingerprint density at radius 2 is 1.70 bits per heavy atom. The van der Waals surface area contributed by atoms with Crippen LogP contribution in [-0.2, 0) is 6.42 Å². The molecule has 3 nitrogen and oxygen atoms in total. The van der Waals surface area contributed by atoms with Gasteiger partial charge in [-0.3, -0.25) is 0 Å². The van der Waals surface area contributed by atoms with E-state index in [0.717, 1.165) is 65.9 Å². The third-order valence-electron chi connectivity index (χ3n) is 4.95. The number of para-hydroxylation sites is 1. The van der Waals surface area contributed by atoms with Gasteiger partial charge in [0.1, 0.15) is 0 Å². The predicted molar refractivity (Wildman–Crippen MR) is 115 cm³/mol. The second-order valence-electron chi connectivity index (χ2n) is 6.97. The molecule has 0 saturated heterocycles. The number of hydrogen-bond acceptors (Lipinski definition) is 2. The van der Waals surface area contributed by atoms with Gasteiger partial charge in [0.25, 0.3) is 0 Å². The normalized spacial score (nSPS) is 15.0. The molecule has 0 spiro atoms. The van der Waals surface area contributed by atoms with E-state index in [1.54, 1.807) is 0 Å². The fourth-order valence-electron chi connectivity index (χ4n) is 3.33. The molecule has 3 N–H and O–H groups in total. The fourth-order valence-corrected chi connectivity index (χ4v) is 4.81. The minimum atomic E-state index is 0.437. The Morgan fingerprint density at radius 1 is 1.00 bits per heavy atom. The van der Waals surface area contributed by atoms with Gasteiger partial charge in [-0.05, 0) is 0 Å². The zero-order chi connectivity index (χ0) is 19.0. The van der Waals surface area contributed by atoms with Crippen molar-refractivity contribution in [2.24, 2.45) is 0 Å². The Hall–Kier alpha value is -2.28. The molecule has 1 heterocycles. The zero-order valence-electron chi connectivity index (χ0n) is 15.4. The fraction of sp³-hybridized carbons (Fsp3) is 0.130. The van der Waals surface area contributed by atoms with Crippen molar-refractivity contribution in [3.05, 3.63) is 102 Å². The summed E-state index contributed by atoms with van der Waals surface area (Å²) >= 11 is 1.05. The molecular formula is C23H22N3Pb. The van der Waals surface area contributed by atoms with Crippen LogP contribution < -0.4 is 10.6 Å². The number of hydrogen-bond donors (Lipinski definition) is 3. The van der Waals surface area contributed by atoms with Crippen LogP contribution >= 0.6 is 0 Å². The summed E-state index contributed by atoms with van der Waals surface area (Å²) in [4.78, 5) is 3.31. The first-order chi connectivity index (χ1) is 13.0. The Morgan fingerprint density at radius 3 is 2.48 bits per heavy atom. The average molecular weight is 548 g/mol. The van der Waals surface area contributed by atoms with E-state index in [4.69, 9.17) is 0 Å². The van der Waals surface area contributed by atoms with Gasteiger partial charge in [0.05, 0.1) is 0 Å². The summed E-state index contributed by atoms with van der Waals surface area (Å²) in [7, 11) is 0. The number of nitrogens with one attached hydrogen (secondary N) is 3. The zero-order valence-corrected chi connectivity index (χ0v) is 19.3. The van der Waals surface area contributed by atoms with Crippen molar-refractivity contribution in [3.8, 4) is 0 Å². The van der Waals surface area contributed by atoms with Crippen molar-refractivity contribution in [2.75, 3.05) is 5.32 Å². The molecule has 0 fully saturated rings. The summed E-state index contributed by atoms with van der Waals surface area (Å²) in [5.74, 6) is 0. The summed E-state index contributed by atoms with van der Waals surface area (Å²) in [5, 5.41) is 8.41. The van der Waals surface area contributed by atoms with Gasteiger partial charge < -0.3 is 0 Å². The Labute approximate surface area is 175 Å². The number of H-pyrrole nitrogens is 1.